The van der Waals surface area contributed by atoms with Crippen LogP contribution in [0.3, 0.4) is 0 Å². The molecule has 28 heavy (non-hydrogen) atoms. The molecule has 0 saturated heterocycles. The van der Waals surface area contributed by atoms with Crippen LogP contribution in [-0.2, 0) is 6.54 Å². The normalized spacial score (nSPS) is 12.3. The number of carbonyl (C=O) groups excluding carboxylic acids is 1. The molecule has 0 aliphatic carbocycles. The number of amides is 2. The maximum atomic E-state index is 12.8. The van der Waals surface area contributed by atoms with Crippen molar-refractivity contribution in [2.75, 3.05) is 5.32 Å². The summed E-state index contributed by atoms with van der Waals surface area (Å²) in [5, 5.41) is 9.44. The van der Waals surface area contributed by atoms with Gasteiger partial charge in [-0.3, -0.25) is 4.79 Å². The molecule has 0 aliphatic rings. The van der Waals surface area contributed by atoms with Crippen LogP contribution < -0.4 is 16.2 Å². The lowest BCUT2D eigenvalue weighted by Crippen LogP contribution is -2.33. The second kappa shape index (κ2) is 9.06. The Labute approximate surface area is 169 Å². The summed E-state index contributed by atoms with van der Waals surface area (Å²) in [7, 11) is 0. The molecule has 0 aliphatic heterocycles. The summed E-state index contributed by atoms with van der Waals surface area (Å²) in [4.78, 5) is 26.7. The van der Waals surface area contributed by atoms with Crippen molar-refractivity contribution in [1.82, 2.24) is 9.88 Å². The van der Waals surface area contributed by atoms with E-state index in [1.54, 1.807) is 22.1 Å². The Morgan fingerprint density at radius 2 is 1.89 bits per heavy atom. The van der Waals surface area contributed by atoms with Crippen LogP contribution in [0.1, 0.15) is 44.5 Å². The van der Waals surface area contributed by atoms with Crippen LogP contribution in [0.15, 0.2) is 52.8 Å². The van der Waals surface area contributed by atoms with Gasteiger partial charge in [-0.15, -0.1) is 11.3 Å². The topological polar surface area (TPSA) is 63.1 Å². The summed E-state index contributed by atoms with van der Waals surface area (Å²) in [5.41, 5.74) is 0.618. The number of rotatable bonds is 7. The molecule has 2 heterocycles. The number of anilines is 1. The Morgan fingerprint density at radius 1 is 1.14 bits per heavy atom. The number of urea groups is 1. The average Bonchev–Trinajstić information content (AvgIpc) is 3.19. The Balaban J connectivity index is 1.89. The van der Waals surface area contributed by atoms with Gasteiger partial charge >= 0.3 is 6.03 Å². The fourth-order valence-electron chi connectivity index (χ4n) is 3.35. The van der Waals surface area contributed by atoms with E-state index in [9.17, 15) is 9.59 Å². The van der Waals surface area contributed by atoms with Crippen molar-refractivity contribution in [2.24, 2.45) is 5.92 Å². The number of nitrogens with one attached hydrogen (secondary N) is 2. The molecule has 0 fully saturated rings. The zero-order chi connectivity index (χ0) is 20.1. The molecule has 1 atom stereocenters. The molecule has 5 nitrogen and oxygen atoms in total. The second-order valence-electron chi connectivity index (χ2n) is 7.39. The van der Waals surface area contributed by atoms with Gasteiger partial charge in [0.25, 0.3) is 5.56 Å². The first-order valence-corrected chi connectivity index (χ1v) is 10.6. The molecule has 2 N–H and O–H groups in total. The summed E-state index contributed by atoms with van der Waals surface area (Å²) in [6.45, 7) is 6.85. The van der Waals surface area contributed by atoms with E-state index in [-0.39, 0.29) is 17.6 Å². The smallest absolute Gasteiger partial charge is 0.319 e. The summed E-state index contributed by atoms with van der Waals surface area (Å²) < 4.78 is 1.69. The highest BCUT2D eigenvalue weighted by molar-refractivity contribution is 7.10. The number of fused-ring (bicyclic) bond motifs is 1. The molecule has 0 saturated carbocycles. The molecule has 0 unspecified atom stereocenters. The molecule has 0 spiro atoms. The van der Waals surface area contributed by atoms with E-state index in [1.165, 1.54) is 0 Å². The monoisotopic (exact) mass is 397 g/mol. The van der Waals surface area contributed by atoms with Crippen LogP contribution in [0.25, 0.3) is 10.8 Å². The summed E-state index contributed by atoms with van der Waals surface area (Å²) in [6.07, 6.45) is 3.61. The van der Waals surface area contributed by atoms with Crippen molar-refractivity contribution in [3.8, 4) is 0 Å². The fraction of sp³-hybridized carbons (Fsp3) is 0.364. The van der Waals surface area contributed by atoms with Crippen LogP contribution in [0, 0.1) is 5.92 Å². The number of benzene rings is 1. The van der Waals surface area contributed by atoms with Crippen molar-refractivity contribution in [3.05, 3.63) is 63.2 Å². The Morgan fingerprint density at radius 3 is 2.54 bits per heavy atom. The van der Waals surface area contributed by atoms with E-state index in [0.29, 0.717) is 23.5 Å². The number of thiophene rings is 1. The van der Waals surface area contributed by atoms with E-state index < -0.39 is 0 Å². The highest BCUT2D eigenvalue weighted by atomic mass is 32.1. The summed E-state index contributed by atoms with van der Waals surface area (Å²) in [5.74, 6) is 0.327. The molecule has 3 rings (SSSR count). The molecule has 2 amide bonds. The van der Waals surface area contributed by atoms with Gasteiger partial charge in [-0.25, -0.2) is 4.79 Å². The molecule has 3 aromatic rings. The van der Waals surface area contributed by atoms with Gasteiger partial charge in [0.1, 0.15) is 0 Å². The van der Waals surface area contributed by atoms with Crippen LogP contribution in [-0.4, -0.2) is 10.6 Å². The molecule has 0 radical (unpaired) electrons. The first-order chi connectivity index (χ1) is 13.5. The van der Waals surface area contributed by atoms with Crippen LogP contribution >= 0.6 is 11.3 Å². The van der Waals surface area contributed by atoms with E-state index in [0.717, 1.165) is 23.1 Å². The van der Waals surface area contributed by atoms with Gasteiger partial charge in [0.15, 0.2) is 0 Å². The highest BCUT2D eigenvalue weighted by Crippen LogP contribution is 2.24. The van der Waals surface area contributed by atoms with Crippen molar-refractivity contribution in [3.63, 3.8) is 0 Å². The van der Waals surface area contributed by atoms with Crippen molar-refractivity contribution in [2.45, 2.75) is 46.2 Å². The Bertz CT molecular complexity index is 993. The molecular formula is C22H27N3O2S. The van der Waals surface area contributed by atoms with Gasteiger partial charge in [0.05, 0.1) is 11.7 Å². The summed E-state index contributed by atoms with van der Waals surface area (Å²) >= 11 is 1.65. The SMILES string of the molecule is CCC[C@H](NC(=O)Nc1cn(CC(C)C)c(=O)c2ccccc12)c1cccs1. The third kappa shape index (κ3) is 4.62. The third-order valence-corrected chi connectivity index (χ3v) is 5.56. The maximum absolute atomic E-state index is 12.8. The number of pyridine rings is 1. The van der Waals surface area contributed by atoms with Gasteiger partial charge in [-0.2, -0.15) is 0 Å². The number of hydrogen-bond acceptors (Lipinski definition) is 3. The van der Waals surface area contributed by atoms with Gasteiger partial charge in [0, 0.05) is 28.4 Å². The van der Waals surface area contributed by atoms with Crippen molar-refractivity contribution >= 4 is 33.8 Å². The van der Waals surface area contributed by atoms with E-state index in [4.69, 9.17) is 0 Å². The van der Waals surface area contributed by atoms with E-state index in [2.05, 4.69) is 31.4 Å². The average molecular weight is 398 g/mol. The molecule has 6 heteroatoms. The molecule has 1 aromatic carbocycles. The van der Waals surface area contributed by atoms with E-state index in [1.807, 2.05) is 41.8 Å². The lowest BCUT2D eigenvalue weighted by Gasteiger charge is -2.19. The summed E-state index contributed by atoms with van der Waals surface area (Å²) in [6, 6.07) is 11.2. The number of carbonyl (C=O) groups is 1. The van der Waals surface area contributed by atoms with Gasteiger partial charge in [-0.05, 0) is 29.9 Å². The zero-order valence-corrected chi connectivity index (χ0v) is 17.4. The minimum atomic E-state index is -0.258. The predicted molar refractivity (Wildman–Crippen MR) is 117 cm³/mol. The Hall–Kier alpha value is -2.60. The maximum Gasteiger partial charge on any atom is 0.319 e. The first-order valence-electron chi connectivity index (χ1n) is 9.72. The van der Waals surface area contributed by atoms with Crippen molar-refractivity contribution in [1.29, 1.82) is 0 Å². The zero-order valence-electron chi connectivity index (χ0n) is 16.6. The predicted octanol–water partition coefficient (Wildman–Crippen LogP) is 5.38. The van der Waals surface area contributed by atoms with Gasteiger partial charge < -0.3 is 15.2 Å². The Kier molecular flexibility index (Phi) is 6.52. The number of nitrogens with zero attached hydrogens (tertiary/aromatic N) is 1. The quantitative estimate of drug-likeness (QED) is 0.562. The fourth-order valence-corrected chi connectivity index (χ4v) is 4.16. The second-order valence-corrected chi connectivity index (χ2v) is 8.37. The van der Waals surface area contributed by atoms with Gasteiger partial charge in [-0.1, -0.05) is 51.5 Å². The van der Waals surface area contributed by atoms with Crippen molar-refractivity contribution < 1.29 is 4.79 Å². The minimum absolute atomic E-state index is 0.0159. The molecule has 0 bridgehead atoms. The number of hydrogen-bond donors (Lipinski definition) is 2. The lowest BCUT2D eigenvalue weighted by atomic mass is 10.1. The van der Waals surface area contributed by atoms with Gasteiger partial charge in [0.2, 0.25) is 0 Å². The number of aromatic nitrogens is 1. The van der Waals surface area contributed by atoms with E-state index >= 15 is 0 Å². The minimum Gasteiger partial charge on any atom is -0.330 e. The third-order valence-electron chi connectivity index (χ3n) is 4.57. The lowest BCUT2D eigenvalue weighted by molar-refractivity contribution is 0.248. The highest BCUT2D eigenvalue weighted by Gasteiger charge is 2.16. The molecular weight excluding hydrogens is 370 g/mol. The molecule has 148 valence electrons. The first kappa shape index (κ1) is 20.1. The largest absolute Gasteiger partial charge is 0.330 e. The standard InChI is InChI=1S/C22H27N3O2S/c1-4-8-18(20-11-7-12-28-20)23-22(27)24-19-14-25(13-15(2)3)21(26)17-10-6-5-9-16(17)19/h5-7,9-12,14-15,18H,4,8,13H2,1-3H3,(H2,23,24,27)/t18-/m0/s1. The van der Waals surface area contributed by atoms with Crippen LogP contribution in [0.5, 0.6) is 0 Å². The van der Waals surface area contributed by atoms with Crippen LogP contribution in [0.2, 0.25) is 0 Å². The molecule has 2 aromatic heterocycles. The van der Waals surface area contributed by atoms with Crippen LogP contribution in [0.4, 0.5) is 10.5 Å².